The van der Waals surface area contributed by atoms with Crippen molar-refractivity contribution in [1.82, 2.24) is 10.2 Å². The average molecular weight is 414 g/mol. The van der Waals surface area contributed by atoms with E-state index in [1.54, 1.807) is 0 Å². The van der Waals surface area contributed by atoms with Crippen LogP contribution in [-0.4, -0.2) is 46.4 Å². The normalized spacial score (nSPS) is 23.0. The van der Waals surface area contributed by atoms with Crippen molar-refractivity contribution in [3.63, 3.8) is 0 Å². The average Bonchev–Trinajstić information content (AvgIpc) is 3.02. The molecule has 2 aliphatic rings. The first-order valence-electron chi connectivity index (χ1n) is 10.7. The summed E-state index contributed by atoms with van der Waals surface area (Å²) in [6, 6.07) is 9.52. The minimum atomic E-state index is -0.841. The highest BCUT2D eigenvalue weighted by molar-refractivity contribution is 6.08. The number of amides is 3. The van der Waals surface area contributed by atoms with Crippen molar-refractivity contribution in [3.8, 4) is 0 Å². The zero-order chi connectivity index (χ0) is 21.8. The first-order valence-corrected chi connectivity index (χ1v) is 10.7. The molecule has 0 spiro atoms. The predicted molar refractivity (Wildman–Crippen MR) is 113 cm³/mol. The van der Waals surface area contributed by atoms with Gasteiger partial charge in [-0.25, -0.2) is 0 Å². The Balaban J connectivity index is 1.59. The highest BCUT2D eigenvalue weighted by Gasteiger charge is 2.40. The van der Waals surface area contributed by atoms with E-state index < -0.39 is 29.5 Å². The number of nitrogens with one attached hydrogen (secondary N) is 1. The van der Waals surface area contributed by atoms with Crippen molar-refractivity contribution in [2.75, 3.05) is 6.54 Å². The molecular weight excluding hydrogens is 382 g/mol. The molecule has 162 valence electrons. The minimum absolute atomic E-state index is 0.00418. The number of rotatable bonds is 7. The molecule has 30 heavy (non-hydrogen) atoms. The molecule has 1 fully saturated rings. The lowest BCUT2D eigenvalue weighted by atomic mass is 9.82. The second-order valence-electron chi connectivity index (χ2n) is 8.74. The molecule has 0 bridgehead atoms. The van der Waals surface area contributed by atoms with Gasteiger partial charge in [0.15, 0.2) is 5.76 Å². The van der Waals surface area contributed by atoms with Crippen LogP contribution in [0, 0.1) is 5.92 Å². The van der Waals surface area contributed by atoms with Gasteiger partial charge in [0.05, 0.1) is 12.1 Å². The largest absolute Gasteiger partial charge is 0.503 e. The predicted octanol–water partition coefficient (Wildman–Crippen LogP) is 2.38. The van der Waals surface area contributed by atoms with Gasteiger partial charge in [-0.15, -0.1) is 0 Å². The van der Waals surface area contributed by atoms with E-state index in [4.69, 9.17) is 5.73 Å². The van der Waals surface area contributed by atoms with Crippen molar-refractivity contribution in [2.24, 2.45) is 11.7 Å². The van der Waals surface area contributed by atoms with E-state index in [-0.39, 0.29) is 24.1 Å². The number of carbonyl (C=O) groups excluding carboxylic acids is 3. The van der Waals surface area contributed by atoms with E-state index in [0.29, 0.717) is 12.3 Å². The highest BCUT2D eigenvalue weighted by Crippen LogP contribution is 2.33. The number of carbonyl (C=O) groups is 3. The van der Waals surface area contributed by atoms with Crippen LogP contribution in [0.3, 0.4) is 0 Å². The van der Waals surface area contributed by atoms with Crippen LogP contribution in [0.4, 0.5) is 0 Å². The number of nitrogens with two attached hydrogens (primary N) is 1. The minimum Gasteiger partial charge on any atom is -0.503 e. The number of benzene rings is 1. The zero-order valence-corrected chi connectivity index (χ0v) is 17.6. The molecule has 1 atom stereocenters. The van der Waals surface area contributed by atoms with Crippen LogP contribution in [0.5, 0.6) is 0 Å². The molecule has 0 aromatic heterocycles. The van der Waals surface area contributed by atoms with Crippen molar-refractivity contribution >= 4 is 17.7 Å². The number of hydrogen-bond donors (Lipinski definition) is 3. The Hall–Kier alpha value is -2.83. The van der Waals surface area contributed by atoms with Gasteiger partial charge in [0, 0.05) is 6.04 Å². The van der Waals surface area contributed by atoms with E-state index in [0.717, 1.165) is 25.7 Å². The van der Waals surface area contributed by atoms with Crippen LogP contribution >= 0.6 is 0 Å². The van der Waals surface area contributed by atoms with Gasteiger partial charge in [0.1, 0.15) is 6.04 Å². The van der Waals surface area contributed by atoms with Crippen LogP contribution in [0.1, 0.15) is 57.4 Å². The molecule has 3 rings (SSSR count). The van der Waals surface area contributed by atoms with Gasteiger partial charge in [-0.05, 0) is 49.5 Å². The lowest BCUT2D eigenvalue weighted by molar-refractivity contribution is -0.136. The third kappa shape index (κ3) is 4.83. The monoisotopic (exact) mass is 413 g/mol. The number of hydrogen-bond acceptors (Lipinski definition) is 4. The molecule has 1 aliphatic carbocycles. The van der Waals surface area contributed by atoms with Crippen LogP contribution in [0.2, 0.25) is 0 Å². The van der Waals surface area contributed by atoms with Crippen molar-refractivity contribution in [2.45, 2.75) is 64.0 Å². The summed E-state index contributed by atoms with van der Waals surface area (Å²) >= 11 is 0. The number of aliphatic hydroxyl groups excluding tert-OH is 1. The van der Waals surface area contributed by atoms with Crippen molar-refractivity contribution in [3.05, 3.63) is 47.2 Å². The fourth-order valence-electron chi connectivity index (χ4n) is 4.43. The SMILES string of the molecule is CC(C)CC(C(N)=O)N1CC(C(=O)NC2CCC(c3ccccc3)CC2)=C(O)C1=O. The third-order valence-corrected chi connectivity index (χ3v) is 6.08. The summed E-state index contributed by atoms with van der Waals surface area (Å²) < 4.78 is 0. The summed E-state index contributed by atoms with van der Waals surface area (Å²) in [6.45, 7) is 3.74. The number of primary amides is 1. The Morgan fingerprint density at radius 2 is 1.80 bits per heavy atom. The van der Waals surface area contributed by atoms with Crippen molar-refractivity contribution < 1.29 is 19.5 Å². The van der Waals surface area contributed by atoms with Gasteiger partial charge < -0.3 is 21.1 Å². The summed E-state index contributed by atoms with van der Waals surface area (Å²) in [5.74, 6) is -1.75. The van der Waals surface area contributed by atoms with Gasteiger partial charge in [-0.1, -0.05) is 44.2 Å². The van der Waals surface area contributed by atoms with Gasteiger partial charge in [-0.2, -0.15) is 0 Å². The first kappa shape index (κ1) is 21.9. The molecular formula is C23H31N3O4. The fourth-order valence-corrected chi connectivity index (χ4v) is 4.43. The Kier molecular flexibility index (Phi) is 6.80. The Labute approximate surface area is 177 Å². The molecule has 0 saturated heterocycles. The smallest absolute Gasteiger partial charge is 0.290 e. The quantitative estimate of drug-likeness (QED) is 0.637. The lowest BCUT2D eigenvalue weighted by Crippen LogP contribution is -2.47. The van der Waals surface area contributed by atoms with Crippen molar-refractivity contribution in [1.29, 1.82) is 0 Å². The summed E-state index contributed by atoms with van der Waals surface area (Å²) in [5.41, 5.74) is 6.81. The standard InChI is InChI=1S/C23H31N3O4/c1-14(2)12-19(21(24)28)26-13-18(20(27)23(26)30)22(29)25-17-10-8-16(9-11-17)15-6-4-3-5-7-15/h3-7,14,16-17,19,27H,8-13H2,1-2H3,(H2,24,28)(H,25,29). The Bertz CT molecular complexity index is 826. The topological polar surface area (TPSA) is 113 Å². The molecule has 4 N–H and O–H groups in total. The van der Waals surface area contributed by atoms with E-state index in [2.05, 4.69) is 17.4 Å². The summed E-state index contributed by atoms with van der Waals surface area (Å²) in [4.78, 5) is 38.3. The molecule has 7 nitrogen and oxygen atoms in total. The third-order valence-electron chi connectivity index (χ3n) is 6.08. The molecule has 1 aromatic rings. The molecule has 3 amide bonds. The molecule has 1 aliphatic heterocycles. The summed E-state index contributed by atoms with van der Waals surface area (Å²) in [5, 5.41) is 13.2. The molecule has 1 heterocycles. The fraction of sp³-hybridized carbons (Fsp3) is 0.522. The summed E-state index contributed by atoms with van der Waals surface area (Å²) in [7, 11) is 0. The number of nitrogens with zero attached hydrogens (tertiary/aromatic N) is 1. The summed E-state index contributed by atoms with van der Waals surface area (Å²) in [6.07, 6.45) is 4.02. The maximum atomic E-state index is 12.8. The van der Waals surface area contributed by atoms with Gasteiger partial charge in [0.25, 0.3) is 11.8 Å². The second-order valence-corrected chi connectivity index (χ2v) is 8.74. The molecule has 1 saturated carbocycles. The van der Waals surface area contributed by atoms with Crippen LogP contribution in [0.25, 0.3) is 0 Å². The van der Waals surface area contributed by atoms with Gasteiger partial charge in [-0.3, -0.25) is 14.4 Å². The van der Waals surface area contributed by atoms with Crippen LogP contribution < -0.4 is 11.1 Å². The van der Waals surface area contributed by atoms with Gasteiger partial charge in [0.2, 0.25) is 5.91 Å². The van der Waals surface area contributed by atoms with E-state index in [1.165, 1.54) is 10.5 Å². The molecule has 1 unspecified atom stereocenters. The lowest BCUT2D eigenvalue weighted by Gasteiger charge is -2.30. The van der Waals surface area contributed by atoms with E-state index >= 15 is 0 Å². The zero-order valence-electron chi connectivity index (χ0n) is 17.6. The van der Waals surface area contributed by atoms with Crippen LogP contribution in [-0.2, 0) is 14.4 Å². The second kappa shape index (κ2) is 9.32. The maximum Gasteiger partial charge on any atom is 0.290 e. The van der Waals surface area contributed by atoms with Crippen LogP contribution in [0.15, 0.2) is 41.7 Å². The first-order chi connectivity index (χ1) is 14.3. The Morgan fingerprint density at radius 3 is 2.37 bits per heavy atom. The highest BCUT2D eigenvalue weighted by atomic mass is 16.3. The van der Waals surface area contributed by atoms with Gasteiger partial charge >= 0.3 is 0 Å². The molecule has 7 heteroatoms. The Morgan fingerprint density at radius 1 is 1.17 bits per heavy atom. The van der Waals surface area contributed by atoms with E-state index in [1.807, 2.05) is 32.0 Å². The molecule has 0 radical (unpaired) electrons. The number of aliphatic hydroxyl groups is 1. The molecule has 1 aromatic carbocycles. The van der Waals surface area contributed by atoms with E-state index in [9.17, 15) is 19.5 Å². The maximum absolute atomic E-state index is 12.8.